The lowest BCUT2D eigenvalue weighted by atomic mass is 10.1. The number of aromatic carboxylic acids is 1. The number of aliphatic hydroxyl groups excluding tert-OH is 1. The van der Waals surface area contributed by atoms with Gasteiger partial charge >= 0.3 is 5.97 Å². The molecule has 0 radical (unpaired) electrons. The molecule has 0 aliphatic carbocycles. The molecule has 0 aromatic heterocycles. The van der Waals surface area contributed by atoms with Gasteiger partial charge in [-0.3, -0.25) is 0 Å². The third kappa shape index (κ3) is 1.94. The van der Waals surface area contributed by atoms with Crippen molar-refractivity contribution in [2.24, 2.45) is 0 Å². The molecule has 1 aliphatic rings. The highest BCUT2D eigenvalue weighted by Gasteiger charge is 2.17. The number of carboxylic acids is 1. The van der Waals surface area contributed by atoms with Gasteiger partial charge < -0.3 is 20.4 Å². The van der Waals surface area contributed by atoms with Crippen molar-refractivity contribution in [2.45, 2.75) is 0 Å². The Hall–Kier alpha value is -1.75. The molecular formula is C11H14N2O3. The van der Waals surface area contributed by atoms with Gasteiger partial charge in [0.15, 0.2) is 0 Å². The lowest BCUT2D eigenvalue weighted by molar-refractivity contribution is 0.0697. The molecule has 5 nitrogen and oxygen atoms in total. The summed E-state index contributed by atoms with van der Waals surface area (Å²) in [6, 6.07) is 4.99. The molecule has 0 unspecified atom stereocenters. The lowest BCUT2D eigenvalue weighted by Crippen LogP contribution is -2.36. The van der Waals surface area contributed by atoms with Crippen molar-refractivity contribution in [3.63, 3.8) is 0 Å². The van der Waals surface area contributed by atoms with E-state index in [1.54, 1.807) is 18.2 Å². The Balaban J connectivity index is 2.32. The fourth-order valence-electron chi connectivity index (χ4n) is 1.89. The summed E-state index contributed by atoms with van der Waals surface area (Å²) in [5.41, 5.74) is 2.04. The zero-order valence-corrected chi connectivity index (χ0v) is 8.81. The van der Waals surface area contributed by atoms with Gasteiger partial charge in [0.05, 0.1) is 23.5 Å². The summed E-state index contributed by atoms with van der Waals surface area (Å²) in [6.45, 7) is 2.25. The van der Waals surface area contributed by atoms with Gasteiger partial charge in [-0.25, -0.2) is 4.79 Å². The third-order valence-corrected chi connectivity index (χ3v) is 2.65. The number of anilines is 2. The standard InChI is InChI=1S/C11H14N2O3/c14-6-5-13-4-3-12-9-7-8(11(15)16)1-2-10(9)13/h1-2,7,12,14H,3-6H2,(H,15,16). The summed E-state index contributed by atoms with van der Waals surface area (Å²) in [5, 5.41) is 21.0. The summed E-state index contributed by atoms with van der Waals surface area (Å²) in [6.07, 6.45) is 0. The molecule has 16 heavy (non-hydrogen) atoms. The van der Waals surface area contributed by atoms with Gasteiger partial charge in [0, 0.05) is 19.6 Å². The normalized spacial score (nSPS) is 14.2. The zero-order valence-electron chi connectivity index (χ0n) is 8.81. The van der Waals surface area contributed by atoms with E-state index in [0.29, 0.717) is 6.54 Å². The van der Waals surface area contributed by atoms with Crippen LogP contribution in [-0.4, -0.2) is 42.4 Å². The Morgan fingerprint density at radius 2 is 2.31 bits per heavy atom. The van der Waals surface area contributed by atoms with Crippen molar-refractivity contribution in [3.05, 3.63) is 23.8 Å². The van der Waals surface area contributed by atoms with Crippen LogP contribution in [0.2, 0.25) is 0 Å². The molecule has 1 aromatic rings. The fourth-order valence-corrected chi connectivity index (χ4v) is 1.89. The van der Waals surface area contributed by atoms with Gasteiger partial charge in [-0.15, -0.1) is 0 Å². The number of carbonyl (C=O) groups is 1. The fraction of sp³-hybridized carbons (Fsp3) is 0.364. The molecule has 2 rings (SSSR count). The van der Waals surface area contributed by atoms with Gasteiger partial charge in [0.1, 0.15) is 0 Å². The molecule has 0 saturated carbocycles. The van der Waals surface area contributed by atoms with Crippen LogP contribution in [0.5, 0.6) is 0 Å². The molecule has 0 bridgehead atoms. The van der Waals surface area contributed by atoms with Crippen LogP contribution in [0.1, 0.15) is 10.4 Å². The molecule has 5 heteroatoms. The second-order valence-corrected chi connectivity index (χ2v) is 3.67. The van der Waals surface area contributed by atoms with Crippen molar-refractivity contribution in [3.8, 4) is 0 Å². The number of β-amino-alcohol motifs (C(OH)–C–C–N with tert-alkyl or cyclic N) is 1. The Morgan fingerprint density at radius 1 is 1.50 bits per heavy atom. The number of carboxylic acid groups (broad SMARTS) is 1. The summed E-state index contributed by atoms with van der Waals surface area (Å²) >= 11 is 0. The van der Waals surface area contributed by atoms with Crippen molar-refractivity contribution >= 4 is 17.3 Å². The summed E-state index contributed by atoms with van der Waals surface area (Å²) in [5.74, 6) is -0.927. The maximum Gasteiger partial charge on any atom is 0.335 e. The van der Waals surface area contributed by atoms with Crippen molar-refractivity contribution in [2.75, 3.05) is 36.5 Å². The highest BCUT2D eigenvalue weighted by molar-refractivity contribution is 5.91. The average molecular weight is 222 g/mol. The maximum absolute atomic E-state index is 10.8. The van der Waals surface area contributed by atoms with Crippen LogP contribution in [0.3, 0.4) is 0 Å². The number of benzene rings is 1. The molecule has 0 atom stereocenters. The number of aliphatic hydroxyl groups is 1. The Morgan fingerprint density at radius 3 is 3.00 bits per heavy atom. The van der Waals surface area contributed by atoms with E-state index in [0.717, 1.165) is 24.5 Å². The number of fused-ring (bicyclic) bond motifs is 1. The minimum absolute atomic E-state index is 0.0973. The highest BCUT2D eigenvalue weighted by Crippen LogP contribution is 2.29. The molecule has 1 heterocycles. The molecule has 1 aromatic carbocycles. The quantitative estimate of drug-likeness (QED) is 0.698. The van der Waals surface area contributed by atoms with Crippen LogP contribution in [0.25, 0.3) is 0 Å². The van der Waals surface area contributed by atoms with Gasteiger partial charge in [0.25, 0.3) is 0 Å². The van der Waals surface area contributed by atoms with E-state index in [1.807, 2.05) is 4.90 Å². The van der Waals surface area contributed by atoms with Crippen LogP contribution in [0.4, 0.5) is 11.4 Å². The van der Waals surface area contributed by atoms with Crippen LogP contribution >= 0.6 is 0 Å². The average Bonchev–Trinajstić information content (AvgIpc) is 2.29. The van der Waals surface area contributed by atoms with E-state index >= 15 is 0 Å². The number of nitrogens with zero attached hydrogens (tertiary/aromatic N) is 1. The number of hydrogen-bond acceptors (Lipinski definition) is 4. The maximum atomic E-state index is 10.8. The Labute approximate surface area is 93.3 Å². The Bertz CT molecular complexity index is 406. The van der Waals surface area contributed by atoms with E-state index in [2.05, 4.69) is 5.32 Å². The summed E-state index contributed by atoms with van der Waals surface area (Å²) < 4.78 is 0. The second-order valence-electron chi connectivity index (χ2n) is 3.67. The molecule has 86 valence electrons. The molecule has 0 spiro atoms. The molecule has 1 aliphatic heterocycles. The highest BCUT2D eigenvalue weighted by atomic mass is 16.4. The van der Waals surface area contributed by atoms with Gasteiger partial charge in [-0.2, -0.15) is 0 Å². The number of hydrogen-bond donors (Lipinski definition) is 3. The Kier molecular flexibility index (Phi) is 2.96. The van der Waals surface area contributed by atoms with E-state index in [4.69, 9.17) is 10.2 Å². The largest absolute Gasteiger partial charge is 0.478 e. The topological polar surface area (TPSA) is 72.8 Å². The van der Waals surface area contributed by atoms with Crippen molar-refractivity contribution in [1.29, 1.82) is 0 Å². The summed E-state index contributed by atoms with van der Waals surface area (Å²) in [4.78, 5) is 12.9. The van der Waals surface area contributed by atoms with E-state index in [9.17, 15) is 4.79 Å². The van der Waals surface area contributed by atoms with Crippen molar-refractivity contribution < 1.29 is 15.0 Å². The molecule has 0 fully saturated rings. The molecule has 3 N–H and O–H groups in total. The predicted octanol–water partition coefficient (Wildman–Crippen LogP) is 0.609. The minimum atomic E-state index is -0.927. The first-order valence-electron chi connectivity index (χ1n) is 5.19. The van der Waals surface area contributed by atoms with Crippen LogP contribution < -0.4 is 10.2 Å². The van der Waals surface area contributed by atoms with Crippen LogP contribution in [-0.2, 0) is 0 Å². The first kappa shape index (κ1) is 10.8. The second kappa shape index (κ2) is 4.40. The van der Waals surface area contributed by atoms with Crippen LogP contribution in [0.15, 0.2) is 18.2 Å². The van der Waals surface area contributed by atoms with Crippen molar-refractivity contribution in [1.82, 2.24) is 0 Å². The van der Waals surface area contributed by atoms with Gasteiger partial charge in [-0.05, 0) is 18.2 Å². The molecule has 0 saturated heterocycles. The number of rotatable bonds is 3. The first-order valence-corrected chi connectivity index (χ1v) is 5.19. The van der Waals surface area contributed by atoms with Crippen LogP contribution in [0, 0.1) is 0 Å². The minimum Gasteiger partial charge on any atom is -0.478 e. The SMILES string of the molecule is O=C(O)c1ccc2c(c1)NCCN2CCO. The number of nitrogens with one attached hydrogen (secondary N) is 1. The zero-order chi connectivity index (χ0) is 11.5. The smallest absolute Gasteiger partial charge is 0.335 e. The predicted molar refractivity (Wildman–Crippen MR) is 61.2 cm³/mol. The molecular weight excluding hydrogens is 208 g/mol. The first-order chi connectivity index (χ1) is 7.72. The third-order valence-electron chi connectivity index (χ3n) is 2.65. The monoisotopic (exact) mass is 222 g/mol. The van der Waals surface area contributed by atoms with Gasteiger partial charge in [-0.1, -0.05) is 0 Å². The van der Waals surface area contributed by atoms with E-state index in [1.165, 1.54) is 0 Å². The van der Waals surface area contributed by atoms with E-state index < -0.39 is 5.97 Å². The lowest BCUT2D eigenvalue weighted by Gasteiger charge is -2.31. The van der Waals surface area contributed by atoms with Gasteiger partial charge in [0.2, 0.25) is 0 Å². The summed E-state index contributed by atoms with van der Waals surface area (Å²) in [7, 11) is 0. The van der Waals surface area contributed by atoms with E-state index in [-0.39, 0.29) is 12.2 Å². The molecule has 0 amide bonds.